The summed E-state index contributed by atoms with van der Waals surface area (Å²) in [6, 6.07) is 10.6. The van der Waals surface area contributed by atoms with Crippen molar-refractivity contribution in [3.8, 4) is 17.0 Å². The van der Waals surface area contributed by atoms with Gasteiger partial charge in [0.15, 0.2) is 0 Å². The smallest absolute Gasteiger partial charge is 0.118 e. The molecule has 3 aromatic rings. The molecule has 2 aliphatic heterocycles. The maximum Gasteiger partial charge on any atom is 0.118 e. The van der Waals surface area contributed by atoms with E-state index in [0.29, 0.717) is 0 Å². The van der Waals surface area contributed by atoms with Gasteiger partial charge in [-0.25, -0.2) is 4.98 Å². The van der Waals surface area contributed by atoms with Crippen molar-refractivity contribution in [3.63, 3.8) is 0 Å². The van der Waals surface area contributed by atoms with Crippen molar-refractivity contribution in [2.24, 2.45) is 11.8 Å². The Balaban J connectivity index is 1.35. The van der Waals surface area contributed by atoms with Gasteiger partial charge in [0, 0.05) is 38.2 Å². The molecule has 1 saturated heterocycles. The van der Waals surface area contributed by atoms with Gasteiger partial charge >= 0.3 is 0 Å². The van der Waals surface area contributed by atoms with Crippen LogP contribution in [0.1, 0.15) is 11.4 Å². The molecule has 4 heterocycles. The van der Waals surface area contributed by atoms with Crippen molar-refractivity contribution in [2.45, 2.75) is 19.5 Å². The van der Waals surface area contributed by atoms with E-state index in [2.05, 4.69) is 38.4 Å². The maximum atomic E-state index is 5.28. The van der Waals surface area contributed by atoms with Gasteiger partial charge in [0.2, 0.25) is 0 Å². The lowest BCUT2D eigenvalue weighted by atomic mass is 9.89. The molecule has 5 heteroatoms. The molecule has 26 heavy (non-hydrogen) atoms. The molecule has 0 saturated carbocycles. The Morgan fingerprint density at radius 2 is 1.96 bits per heavy atom. The maximum absolute atomic E-state index is 5.28. The second kappa shape index (κ2) is 6.56. The molecule has 0 spiro atoms. The highest BCUT2D eigenvalue weighted by atomic mass is 32.1. The Bertz CT molecular complexity index is 885. The van der Waals surface area contributed by atoms with Crippen LogP contribution in [0.3, 0.4) is 0 Å². The second-order valence-electron chi connectivity index (χ2n) is 7.45. The van der Waals surface area contributed by atoms with Gasteiger partial charge < -0.3 is 9.30 Å². The Morgan fingerprint density at radius 1 is 1.12 bits per heavy atom. The summed E-state index contributed by atoms with van der Waals surface area (Å²) < 4.78 is 7.73. The van der Waals surface area contributed by atoms with Crippen LogP contribution in [0.5, 0.6) is 5.75 Å². The van der Waals surface area contributed by atoms with E-state index in [1.807, 2.05) is 18.3 Å². The Labute approximate surface area is 158 Å². The van der Waals surface area contributed by atoms with Crippen LogP contribution >= 0.6 is 11.3 Å². The fourth-order valence-electron chi connectivity index (χ4n) is 4.49. The van der Waals surface area contributed by atoms with Crippen molar-refractivity contribution in [1.29, 1.82) is 0 Å². The zero-order valence-corrected chi connectivity index (χ0v) is 15.8. The Morgan fingerprint density at radius 3 is 2.73 bits per heavy atom. The summed E-state index contributed by atoms with van der Waals surface area (Å²) in [5.41, 5.74) is 3.90. The third kappa shape index (κ3) is 2.85. The summed E-state index contributed by atoms with van der Waals surface area (Å²) in [5.74, 6) is 3.61. The molecule has 0 amide bonds. The van der Waals surface area contributed by atoms with Gasteiger partial charge in [0.05, 0.1) is 19.0 Å². The quantitative estimate of drug-likeness (QED) is 0.702. The van der Waals surface area contributed by atoms with Gasteiger partial charge in [-0.3, -0.25) is 4.90 Å². The molecule has 1 aromatic carbocycles. The van der Waals surface area contributed by atoms with Crippen LogP contribution in [0.15, 0.2) is 47.3 Å². The Hall–Kier alpha value is -2.11. The molecule has 2 atom stereocenters. The number of imidazole rings is 1. The predicted molar refractivity (Wildman–Crippen MR) is 104 cm³/mol. The van der Waals surface area contributed by atoms with Crippen molar-refractivity contribution < 1.29 is 4.74 Å². The van der Waals surface area contributed by atoms with Crippen LogP contribution in [0.2, 0.25) is 0 Å². The van der Waals surface area contributed by atoms with E-state index in [-0.39, 0.29) is 0 Å². The first-order valence-electron chi connectivity index (χ1n) is 9.22. The first-order chi connectivity index (χ1) is 12.8. The van der Waals surface area contributed by atoms with E-state index < -0.39 is 0 Å². The molecular weight excluding hydrogens is 342 g/mol. The summed E-state index contributed by atoms with van der Waals surface area (Å²) >= 11 is 1.79. The lowest BCUT2D eigenvalue weighted by Crippen LogP contribution is -2.28. The fourth-order valence-corrected chi connectivity index (χ4v) is 5.15. The minimum absolute atomic E-state index is 0.729. The highest BCUT2D eigenvalue weighted by Gasteiger charge is 2.37. The Kier molecular flexibility index (Phi) is 4.06. The minimum Gasteiger partial charge on any atom is -0.497 e. The van der Waals surface area contributed by atoms with E-state index in [1.165, 1.54) is 35.7 Å². The number of hydrogen-bond donors (Lipinski definition) is 0. The molecule has 2 aromatic heterocycles. The number of benzene rings is 1. The van der Waals surface area contributed by atoms with Crippen molar-refractivity contribution in [3.05, 3.63) is 58.7 Å². The predicted octanol–water partition coefficient (Wildman–Crippen LogP) is 3.92. The van der Waals surface area contributed by atoms with Crippen molar-refractivity contribution in [2.75, 3.05) is 20.2 Å². The van der Waals surface area contributed by atoms with Crippen molar-refractivity contribution >= 4 is 11.3 Å². The second-order valence-corrected chi connectivity index (χ2v) is 8.23. The number of methoxy groups -OCH3 is 1. The highest BCUT2D eigenvalue weighted by molar-refractivity contribution is 7.07. The van der Waals surface area contributed by atoms with Crippen LogP contribution in [-0.4, -0.2) is 34.7 Å². The standard InChI is InChI=1S/C21H23N3OS/c1-25-19-4-2-16(3-5-19)20-9-22-21-8-17-11-23(10-15-6-7-26-14-15)12-18(17)13-24(20)21/h2-7,9,14,17-18H,8,10-13H2,1H3/t17-,18-/m1/s1. The van der Waals surface area contributed by atoms with Crippen LogP contribution in [0, 0.1) is 11.8 Å². The number of aromatic nitrogens is 2. The largest absolute Gasteiger partial charge is 0.497 e. The third-order valence-corrected chi connectivity index (χ3v) is 6.56. The van der Waals surface area contributed by atoms with Crippen molar-refractivity contribution in [1.82, 2.24) is 14.5 Å². The normalized spacial score (nSPS) is 22.2. The molecule has 0 bridgehead atoms. The monoisotopic (exact) mass is 365 g/mol. The number of thiophene rings is 1. The molecule has 0 unspecified atom stereocenters. The average Bonchev–Trinajstić information content (AvgIpc) is 3.39. The van der Waals surface area contributed by atoms with Gasteiger partial charge in [-0.15, -0.1) is 0 Å². The molecule has 0 radical (unpaired) electrons. The van der Waals surface area contributed by atoms with Gasteiger partial charge in [-0.05, 0) is 58.5 Å². The van der Waals surface area contributed by atoms with E-state index in [9.17, 15) is 0 Å². The molecular formula is C21H23N3OS. The average molecular weight is 366 g/mol. The molecule has 4 nitrogen and oxygen atoms in total. The van der Waals surface area contributed by atoms with Gasteiger partial charge in [-0.2, -0.15) is 11.3 Å². The summed E-state index contributed by atoms with van der Waals surface area (Å²) in [6.45, 7) is 4.57. The number of ether oxygens (including phenoxy) is 1. The van der Waals surface area contributed by atoms with Gasteiger partial charge in [-0.1, -0.05) is 0 Å². The van der Waals surface area contributed by atoms with Crippen LogP contribution in [0.4, 0.5) is 0 Å². The minimum atomic E-state index is 0.729. The topological polar surface area (TPSA) is 30.3 Å². The molecule has 1 fully saturated rings. The van der Waals surface area contributed by atoms with E-state index in [4.69, 9.17) is 9.72 Å². The summed E-state index contributed by atoms with van der Waals surface area (Å²) in [7, 11) is 1.71. The first-order valence-corrected chi connectivity index (χ1v) is 10.2. The molecule has 0 N–H and O–H groups in total. The van der Waals surface area contributed by atoms with Crippen LogP contribution in [0.25, 0.3) is 11.3 Å². The van der Waals surface area contributed by atoms with E-state index in [1.54, 1.807) is 18.4 Å². The number of rotatable bonds is 4. The van der Waals surface area contributed by atoms with Crippen LogP contribution < -0.4 is 4.74 Å². The fraction of sp³-hybridized carbons (Fsp3) is 0.381. The van der Waals surface area contributed by atoms with E-state index >= 15 is 0 Å². The third-order valence-electron chi connectivity index (χ3n) is 5.82. The lowest BCUT2D eigenvalue weighted by Gasteiger charge is -2.27. The number of fused-ring (bicyclic) bond motifs is 2. The number of nitrogens with zero attached hydrogens (tertiary/aromatic N) is 3. The van der Waals surface area contributed by atoms with E-state index in [0.717, 1.165) is 37.1 Å². The number of likely N-dealkylation sites (tertiary alicyclic amines) is 1. The van der Waals surface area contributed by atoms with Gasteiger partial charge in [0.1, 0.15) is 11.6 Å². The summed E-state index contributed by atoms with van der Waals surface area (Å²) in [4.78, 5) is 7.37. The summed E-state index contributed by atoms with van der Waals surface area (Å²) in [5, 5.41) is 4.45. The number of hydrogen-bond acceptors (Lipinski definition) is 4. The highest BCUT2D eigenvalue weighted by Crippen LogP contribution is 2.36. The summed E-state index contributed by atoms with van der Waals surface area (Å²) in [6.07, 6.45) is 3.14. The van der Waals surface area contributed by atoms with Gasteiger partial charge in [0.25, 0.3) is 0 Å². The molecule has 0 aliphatic carbocycles. The van der Waals surface area contributed by atoms with Crippen LogP contribution in [-0.2, 0) is 19.5 Å². The SMILES string of the molecule is COc1ccc(-c2cnc3n2C[C@H]2CN(Cc4ccsc4)C[C@H]2C3)cc1. The first kappa shape index (κ1) is 16.1. The molecule has 134 valence electrons. The zero-order valence-electron chi connectivity index (χ0n) is 15.0. The molecule has 2 aliphatic rings. The lowest BCUT2D eigenvalue weighted by molar-refractivity contribution is 0.307. The molecule has 5 rings (SSSR count). The zero-order chi connectivity index (χ0) is 17.5.